The second kappa shape index (κ2) is 7.75. The van der Waals surface area contributed by atoms with Crippen LogP contribution in [0.4, 0.5) is 5.82 Å². The minimum atomic E-state index is -3.54. The summed E-state index contributed by atoms with van der Waals surface area (Å²) in [5.74, 6) is 0.980. The van der Waals surface area contributed by atoms with Gasteiger partial charge in [-0.1, -0.05) is 27.7 Å². The standard InChI is InChI=1S/C15H27N3O2S/c1-6-16-15-14(8-7-9-17-15)21(19,20)18(10-12(2)3)11-13(4)5/h7-9,12-13H,6,10-11H2,1-5H3,(H,16,17). The highest BCUT2D eigenvalue weighted by atomic mass is 32.2. The van der Waals surface area contributed by atoms with E-state index < -0.39 is 10.0 Å². The van der Waals surface area contributed by atoms with Gasteiger partial charge in [0.05, 0.1) is 0 Å². The quantitative estimate of drug-likeness (QED) is 0.801. The summed E-state index contributed by atoms with van der Waals surface area (Å²) in [6, 6.07) is 3.28. The molecule has 1 aromatic rings. The number of aromatic nitrogens is 1. The van der Waals surface area contributed by atoms with Crippen molar-refractivity contribution in [1.82, 2.24) is 9.29 Å². The van der Waals surface area contributed by atoms with E-state index in [1.807, 2.05) is 34.6 Å². The van der Waals surface area contributed by atoms with Gasteiger partial charge in [0, 0.05) is 25.8 Å². The number of rotatable bonds is 8. The smallest absolute Gasteiger partial charge is 0.246 e. The van der Waals surface area contributed by atoms with Crippen LogP contribution in [0.25, 0.3) is 0 Å². The molecule has 21 heavy (non-hydrogen) atoms. The Morgan fingerprint density at radius 1 is 1.19 bits per heavy atom. The van der Waals surface area contributed by atoms with Crippen molar-refractivity contribution in [2.45, 2.75) is 39.5 Å². The van der Waals surface area contributed by atoms with Crippen LogP contribution in [0.3, 0.4) is 0 Å². The van der Waals surface area contributed by atoms with Crippen LogP contribution in [0, 0.1) is 11.8 Å². The summed E-state index contributed by atoms with van der Waals surface area (Å²) in [7, 11) is -3.54. The van der Waals surface area contributed by atoms with E-state index in [9.17, 15) is 8.42 Å². The van der Waals surface area contributed by atoms with Crippen LogP contribution in [0.15, 0.2) is 23.2 Å². The van der Waals surface area contributed by atoms with Crippen molar-refractivity contribution in [2.75, 3.05) is 25.0 Å². The first kappa shape index (κ1) is 17.9. The zero-order valence-electron chi connectivity index (χ0n) is 13.6. The number of anilines is 1. The van der Waals surface area contributed by atoms with Crippen molar-refractivity contribution in [3.63, 3.8) is 0 Å². The number of hydrogen-bond donors (Lipinski definition) is 1. The van der Waals surface area contributed by atoms with Gasteiger partial charge in [-0.25, -0.2) is 13.4 Å². The van der Waals surface area contributed by atoms with Gasteiger partial charge in [-0.05, 0) is 30.9 Å². The van der Waals surface area contributed by atoms with Crippen LogP contribution in [-0.4, -0.2) is 37.3 Å². The van der Waals surface area contributed by atoms with E-state index in [1.54, 1.807) is 22.6 Å². The van der Waals surface area contributed by atoms with Gasteiger partial charge in [-0.15, -0.1) is 0 Å². The highest BCUT2D eigenvalue weighted by molar-refractivity contribution is 7.89. The van der Waals surface area contributed by atoms with Crippen molar-refractivity contribution in [3.05, 3.63) is 18.3 Å². The van der Waals surface area contributed by atoms with Gasteiger partial charge in [-0.3, -0.25) is 0 Å². The molecule has 1 rings (SSSR count). The highest BCUT2D eigenvalue weighted by Crippen LogP contribution is 2.24. The molecule has 0 saturated heterocycles. The van der Waals surface area contributed by atoms with Crippen molar-refractivity contribution in [1.29, 1.82) is 0 Å². The molecule has 1 aromatic heterocycles. The number of nitrogens with zero attached hydrogens (tertiary/aromatic N) is 2. The molecule has 120 valence electrons. The van der Waals surface area contributed by atoms with Gasteiger partial charge in [0.2, 0.25) is 10.0 Å². The van der Waals surface area contributed by atoms with Crippen LogP contribution in [-0.2, 0) is 10.0 Å². The molecule has 0 aliphatic rings. The Hall–Kier alpha value is -1.14. The van der Waals surface area contributed by atoms with E-state index in [0.717, 1.165) is 0 Å². The molecular weight excluding hydrogens is 286 g/mol. The second-order valence-corrected chi connectivity index (χ2v) is 7.90. The lowest BCUT2D eigenvalue weighted by Gasteiger charge is -2.26. The SMILES string of the molecule is CCNc1ncccc1S(=O)(=O)N(CC(C)C)CC(C)C. The Balaban J connectivity index is 3.21. The van der Waals surface area contributed by atoms with Gasteiger partial charge in [0.15, 0.2) is 0 Å². The van der Waals surface area contributed by atoms with E-state index >= 15 is 0 Å². The minimum absolute atomic E-state index is 0.258. The fraction of sp³-hybridized carbons (Fsp3) is 0.667. The molecule has 0 spiro atoms. The van der Waals surface area contributed by atoms with Crippen LogP contribution < -0.4 is 5.32 Å². The third kappa shape index (κ3) is 4.97. The molecule has 0 amide bonds. The van der Waals surface area contributed by atoms with E-state index in [4.69, 9.17) is 0 Å². The van der Waals surface area contributed by atoms with Crippen molar-refractivity contribution in [2.24, 2.45) is 11.8 Å². The topological polar surface area (TPSA) is 62.3 Å². The van der Waals surface area contributed by atoms with Crippen molar-refractivity contribution < 1.29 is 8.42 Å². The fourth-order valence-corrected chi connectivity index (χ4v) is 4.01. The summed E-state index contributed by atoms with van der Waals surface area (Å²) < 4.78 is 27.5. The van der Waals surface area contributed by atoms with Crippen LogP contribution in [0.1, 0.15) is 34.6 Å². The summed E-state index contributed by atoms with van der Waals surface area (Å²) >= 11 is 0. The van der Waals surface area contributed by atoms with Gasteiger partial charge in [0.25, 0.3) is 0 Å². The lowest BCUT2D eigenvalue weighted by Crippen LogP contribution is -2.37. The molecule has 0 unspecified atom stereocenters. The number of sulfonamides is 1. The molecule has 0 aromatic carbocycles. The third-order valence-corrected chi connectivity index (χ3v) is 4.73. The van der Waals surface area contributed by atoms with Gasteiger partial charge < -0.3 is 5.32 Å². The minimum Gasteiger partial charge on any atom is -0.369 e. The van der Waals surface area contributed by atoms with E-state index in [2.05, 4.69) is 10.3 Å². The maximum absolute atomic E-state index is 12.9. The second-order valence-electron chi connectivity index (χ2n) is 5.99. The van der Waals surface area contributed by atoms with Crippen molar-refractivity contribution >= 4 is 15.8 Å². The Labute approximate surface area is 128 Å². The normalized spacial score (nSPS) is 12.4. The average molecular weight is 313 g/mol. The van der Waals surface area contributed by atoms with Gasteiger partial charge in [-0.2, -0.15) is 4.31 Å². The Bertz CT molecular complexity index is 532. The zero-order chi connectivity index (χ0) is 16.0. The number of hydrogen-bond acceptors (Lipinski definition) is 4. The monoisotopic (exact) mass is 313 g/mol. The Morgan fingerprint density at radius 2 is 1.76 bits per heavy atom. The molecular formula is C15H27N3O2S. The molecule has 1 heterocycles. The lowest BCUT2D eigenvalue weighted by molar-refractivity contribution is 0.333. The Morgan fingerprint density at radius 3 is 2.24 bits per heavy atom. The zero-order valence-corrected chi connectivity index (χ0v) is 14.4. The first-order valence-electron chi connectivity index (χ1n) is 7.48. The van der Waals surface area contributed by atoms with Crippen LogP contribution in [0.2, 0.25) is 0 Å². The van der Waals surface area contributed by atoms with Crippen LogP contribution in [0.5, 0.6) is 0 Å². The third-order valence-electron chi connectivity index (χ3n) is 2.87. The summed E-state index contributed by atoms with van der Waals surface area (Å²) in [5.41, 5.74) is 0. The number of pyridine rings is 1. The van der Waals surface area contributed by atoms with E-state index in [0.29, 0.717) is 25.5 Å². The molecule has 0 saturated carbocycles. The molecule has 0 fully saturated rings. The molecule has 0 atom stereocenters. The van der Waals surface area contributed by atoms with Crippen LogP contribution >= 0.6 is 0 Å². The molecule has 1 N–H and O–H groups in total. The largest absolute Gasteiger partial charge is 0.369 e. The fourth-order valence-electron chi connectivity index (χ4n) is 2.12. The number of nitrogens with one attached hydrogen (secondary N) is 1. The first-order chi connectivity index (χ1) is 9.78. The highest BCUT2D eigenvalue weighted by Gasteiger charge is 2.28. The summed E-state index contributed by atoms with van der Waals surface area (Å²) in [4.78, 5) is 4.42. The molecule has 5 nitrogen and oxygen atoms in total. The molecule has 0 radical (unpaired) electrons. The van der Waals surface area contributed by atoms with Gasteiger partial charge >= 0.3 is 0 Å². The van der Waals surface area contributed by atoms with E-state index in [1.165, 1.54) is 0 Å². The predicted octanol–water partition coefficient (Wildman–Crippen LogP) is 2.82. The molecule has 0 aliphatic heterocycles. The van der Waals surface area contributed by atoms with Crippen molar-refractivity contribution in [3.8, 4) is 0 Å². The average Bonchev–Trinajstić information content (AvgIpc) is 2.37. The molecule has 6 heteroatoms. The van der Waals surface area contributed by atoms with E-state index in [-0.39, 0.29) is 16.7 Å². The lowest BCUT2D eigenvalue weighted by atomic mass is 10.2. The molecule has 0 bridgehead atoms. The maximum atomic E-state index is 12.9. The molecule has 0 aliphatic carbocycles. The Kier molecular flexibility index (Phi) is 6.61. The first-order valence-corrected chi connectivity index (χ1v) is 8.92. The predicted molar refractivity (Wildman–Crippen MR) is 86.8 cm³/mol. The summed E-state index contributed by atoms with van der Waals surface area (Å²) in [6.07, 6.45) is 1.60. The van der Waals surface area contributed by atoms with Gasteiger partial charge in [0.1, 0.15) is 10.7 Å². The maximum Gasteiger partial charge on any atom is 0.246 e. The summed E-state index contributed by atoms with van der Waals surface area (Å²) in [6.45, 7) is 11.7. The summed E-state index contributed by atoms with van der Waals surface area (Å²) in [5, 5.41) is 3.03.